The number of fused-ring (bicyclic) bond motifs is 1. The van der Waals surface area contributed by atoms with Crippen molar-refractivity contribution in [3.8, 4) is 11.5 Å². The molecule has 23 heavy (non-hydrogen) atoms. The van der Waals surface area contributed by atoms with Crippen LogP contribution in [0, 0.1) is 0 Å². The number of benzene rings is 1. The molecule has 0 unspecified atom stereocenters. The highest BCUT2D eigenvalue weighted by atomic mass is 16.6. The summed E-state index contributed by atoms with van der Waals surface area (Å²) < 4.78 is 13.6. The average Bonchev–Trinajstić information content (AvgIpc) is 3.15. The molecule has 1 aromatic heterocycles. The van der Waals surface area contributed by atoms with Crippen LogP contribution >= 0.6 is 0 Å². The minimum Gasteiger partial charge on any atom is -0.485 e. The van der Waals surface area contributed by atoms with Crippen LogP contribution in [0.5, 0.6) is 11.5 Å². The van der Waals surface area contributed by atoms with E-state index in [1.165, 1.54) is 0 Å². The molecule has 1 saturated heterocycles. The number of likely N-dealkylation sites (tertiary alicyclic amines) is 1. The number of amides is 1. The third kappa shape index (κ3) is 2.76. The molecule has 0 N–H and O–H groups in total. The topological polar surface area (TPSA) is 56.6 Å². The van der Waals surface area contributed by atoms with Gasteiger partial charge in [0.1, 0.15) is 6.61 Å². The first-order valence-electron chi connectivity index (χ1n) is 7.96. The number of aromatic nitrogens is 2. The number of carbonyl (C=O) groups is 1. The van der Waals surface area contributed by atoms with Crippen molar-refractivity contribution in [2.75, 3.05) is 19.7 Å². The van der Waals surface area contributed by atoms with Gasteiger partial charge in [-0.15, -0.1) is 0 Å². The smallest absolute Gasteiger partial charge is 0.267 e. The molecular weight excluding hydrogens is 294 g/mol. The van der Waals surface area contributed by atoms with Gasteiger partial charge in [-0.25, -0.2) is 4.98 Å². The fourth-order valence-electron chi connectivity index (χ4n) is 3.23. The second-order valence-corrected chi connectivity index (χ2v) is 5.95. The maximum Gasteiger partial charge on any atom is 0.267 e. The van der Waals surface area contributed by atoms with Crippen LogP contribution in [0.1, 0.15) is 18.9 Å². The van der Waals surface area contributed by atoms with E-state index < -0.39 is 6.10 Å². The standard InChI is InChI=1S/C17H19N3O3/c21-17(16-11-22-14-5-1-2-6-15(14)23-16)19-8-3-4-13(10-19)20-9-7-18-12-20/h1-2,5-7,9,12-13,16H,3-4,8,10-11H2/t13-,16+/m0/s1. The number of hydrogen-bond acceptors (Lipinski definition) is 4. The Hall–Kier alpha value is -2.50. The number of imidazole rings is 1. The molecule has 0 bridgehead atoms. The van der Waals surface area contributed by atoms with Crippen molar-refractivity contribution in [3.05, 3.63) is 43.0 Å². The summed E-state index contributed by atoms with van der Waals surface area (Å²) in [5.74, 6) is 1.34. The number of nitrogens with zero attached hydrogens (tertiary/aromatic N) is 3. The summed E-state index contributed by atoms with van der Waals surface area (Å²) in [7, 11) is 0. The monoisotopic (exact) mass is 313 g/mol. The van der Waals surface area contributed by atoms with Crippen LogP contribution in [-0.2, 0) is 4.79 Å². The van der Waals surface area contributed by atoms with Gasteiger partial charge in [-0.2, -0.15) is 0 Å². The molecule has 120 valence electrons. The van der Waals surface area contributed by atoms with Crippen molar-refractivity contribution in [1.29, 1.82) is 0 Å². The van der Waals surface area contributed by atoms with Gasteiger partial charge in [0.2, 0.25) is 6.10 Å². The van der Waals surface area contributed by atoms with Gasteiger partial charge < -0.3 is 18.9 Å². The first-order valence-corrected chi connectivity index (χ1v) is 7.96. The Labute approximate surface area is 134 Å². The summed E-state index contributed by atoms with van der Waals surface area (Å²) in [6.07, 6.45) is 7.02. The Morgan fingerprint density at radius 1 is 1.26 bits per heavy atom. The fourth-order valence-corrected chi connectivity index (χ4v) is 3.23. The molecule has 1 fully saturated rings. The highest BCUT2D eigenvalue weighted by molar-refractivity contribution is 5.82. The van der Waals surface area contributed by atoms with Gasteiger partial charge in [0.25, 0.3) is 5.91 Å². The van der Waals surface area contributed by atoms with Gasteiger partial charge in [0, 0.05) is 25.5 Å². The second kappa shape index (κ2) is 5.95. The van der Waals surface area contributed by atoms with Crippen molar-refractivity contribution in [2.24, 2.45) is 0 Å². The van der Waals surface area contributed by atoms with Gasteiger partial charge >= 0.3 is 0 Å². The average molecular weight is 313 g/mol. The molecule has 1 amide bonds. The minimum absolute atomic E-state index is 0.00400. The first kappa shape index (κ1) is 14.1. The van der Waals surface area contributed by atoms with E-state index >= 15 is 0 Å². The van der Waals surface area contributed by atoms with E-state index in [1.807, 2.05) is 41.7 Å². The third-order valence-electron chi connectivity index (χ3n) is 4.44. The molecule has 0 saturated carbocycles. The van der Waals surface area contributed by atoms with Crippen LogP contribution in [0.25, 0.3) is 0 Å². The normalized spacial score (nSPS) is 23.6. The zero-order chi connectivity index (χ0) is 15.6. The van der Waals surface area contributed by atoms with Crippen molar-refractivity contribution in [3.63, 3.8) is 0 Å². The van der Waals surface area contributed by atoms with Crippen LogP contribution in [0.2, 0.25) is 0 Å². The minimum atomic E-state index is -0.563. The second-order valence-electron chi connectivity index (χ2n) is 5.95. The molecular formula is C17H19N3O3. The van der Waals surface area contributed by atoms with E-state index in [1.54, 1.807) is 6.20 Å². The predicted octanol–water partition coefficient (Wildman–Crippen LogP) is 1.89. The van der Waals surface area contributed by atoms with E-state index in [-0.39, 0.29) is 18.6 Å². The SMILES string of the molecule is O=C([C@H]1COc2ccccc2O1)N1CCC[C@H](n2ccnc2)C1. The molecule has 2 aliphatic rings. The van der Waals surface area contributed by atoms with Crippen LogP contribution in [-0.4, -0.2) is 46.2 Å². The summed E-state index contributed by atoms with van der Waals surface area (Å²) in [5, 5.41) is 0. The quantitative estimate of drug-likeness (QED) is 0.849. The molecule has 2 atom stereocenters. The molecule has 0 aliphatic carbocycles. The molecule has 0 radical (unpaired) electrons. The van der Waals surface area contributed by atoms with Gasteiger partial charge in [-0.05, 0) is 25.0 Å². The molecule has 0 spiro atoms. The summed E-state index contributed by atoms with van der Waals surface area (Å²) >= 11 is 0. The molecule has 4 rings (SSSR count). The lowest BCUT2D eigenvalue weighted by Crippen LogP contribution is -2.49. The number of hydrogen-bond donors (Lipinski definition) is 0. The number of piperidine rings is 1. The molecule has 1 aromatic carbocycles. The Morgan fingerprint density at radius 3 is 2.96 bits per heavy atom. The Bertz CT molecular complexity index is 686. The van der Waals surface area contributed by atoms with E-state index in [0.29, 0.717) is 18.0 Å². The fraction of sp³-hybridized carbons (Fsp3) is 0.412. The largest absolute Gasteiger partial charge is 0.485 e. The van der Waals surface area contributed by atoms with Crippen LogP contribution in [0.3, 0.4) is 0 Å². The lowest BCUT2D eigenvalue weighted by Gasteiger charge is -2.36. The first-order chi connectivity index (χ1) is 11.3. The summed E-state index contributed by atoms with van der Waals surface area (Å²) in [6.45, 7) is 1.73. The lowest BCUT2D eigenvalue weighted by molar-refractivity contribution is -0.142. The number of ether oxygens (including phenoxy) is 2. The van der Waals surface area contributed by atoms with Gasteiger partial charge in [0.05, 0.1) is 12.4 Å². The highest BCUT2D eigenvalue weighted by Crippen LogP contribution is 2.32. The summed E-state index contributed by atoms with van der Waals surface area (Å²) in [5.41, 5.74) is 0. The lowest BCUT2D eigenvalue weighted by atomic mass is 10.0. The maximum atomic E-state index is 12.8. The van der Waals surface area contributed by atoms with Crippen molar-refractivity contribution < 1.29 is 14.3 Å². The number of rotatable bonds is 2. The van der Waals surface area contributed by atoms with Crippen LogP contribution in [0.4, 0.5) is 0 Å². The van der Waals surface area contributed by atoms with E-state index in [9.17, 15) is 4.79 Å². The zero-order valence-corrected chi connectivity index (χ0v) is 12.8. The summed E-state index contributed by atoms with van der Waals surface area (Å²) in [4.78, 5) is 18.8. The zero-order valence-electron chi connectivity index (χ0n) is 12.8. The number of para-hydroxylation sites is 2. The summed E-state index contributed by atoms with van der Waals surface area (Å²) in [6, 6.07) is 7.74. The van der Waals surface area contributed by atoms with Crippen molar-refractivity contribution >= 4 is 5.91 Å². The molecule has 3 heterocycles. The van der Waals surface area contributed by atoms with Crippen molar-refractivity contribution in [2.45, 2.75) is 25.0 Å². The van der Waals surface area contributed by atoms with E-state index in [2.05, 4.69) is 9.55 Å². The molecule has 2 aromatic rings. The molecule has 6 nitrogen and oxygen atoms in total. The van der Waals surface area contributed by atoms with Crippen LogP contribution < -0.4 is 9.47 Å². The van der Waals surface area contributed by atoms with Crippen LogP contribution in [0.15, 0.2) is 43.0 Å². The van der Waals surface area contributed by atoms with Gasteiger partial charge in [0.15, 0.2) is 11.5 Å². The Balaban J connectivity index is 1.45. The van der Waals surface area contributed by atoms with E-state index in [4.69, 9.17) is 9.47 Å². The Morgan fingerprint density at radius 2 is 2.13 bits per heavy atom. The third-order valence-corrected chi connectivity index (χ3v) is 4.44. The molecule has 2 aliphatic heterocycles. The van der Waals surface area contributed by atoms with Crippen molar-refractivity contribution in [1.82, 2.24) is 14.5 Å². The maximum absolute atomic E-state index is 12.8. The molecule has 6 heteroatoms. The predicted molar refractivity (Wildman–Crippen MR) is 83.4 cm³/mol. The number of carbonyl (C=O) groups excluding carboxylic acids is 1. The highest BCUT2D eigenvalue weighted by Gasteiger charge is 2.33. The van der Waals surface area contributed by atoms with Gasteiger partial charge in [-0.3, -0.25) is 4.79 Å². The van der Waals surface area contributed by atoms with E-state index in [0.717, 1.165) is 19.4 Å². The van der Waals surface area contributed by atoms with Gasteiger partial charge in [-0.1, -0.05) is 12.1 Å². The Kier molecular flexibility index (Phi) is 3.65.